The van der Waals surface area contributed by atoms with Gasteiger partial charge < -0.3 is 14.7 Å². The highest BCUT2D eigenvalue weighted by Gasteiger charge is 2.21. The van der Waals surface area contributed by atoms with Gasteiger partial charge in [0, 0.05) is 19.5 Å². The summed E-state index contributed by atoms with van der Waals surface area (Å²) in [6.45, 7) is 4.39. The molecule has 1 N–H and O–H groups in total. The number of carbonyl (C=O) groups is 2. The number of aliphatic carboxylic acids is 1. The van der Waals surface area contributed by atoms with E-state index in [-0.39, 0.29) is 11.8 Å². The molecule has 0 bridgehead atoms. The quantitative estimate of drug-likeness (QED) is 0.759. The lowest BCUT2D eigenvalue weighted by Crippen LogP contribution is -2.40. The molecule has 0 aromatic heterocycles. The van der Waals surface area contributed by atoms with Gasteiger partial charge in [-0.25, -0.2) is 0 Å². The van der Waals surface area contributed by atoms with Crippen LogP contribution in [0.2, 0.25) is 0 Å². The van der Waals surface area contributed by atoms with Crippen LogP contribution in [-0.2, 0) is 14.3 Å². The maximum atomic E-state index is 11.8. The fraction of sp³-hybridized carbons (Fsp3) is 0.833. The lowest BCUT2D eigenvalue weighted by atomic mass is 9.98. The Balaban J connectivity index is 2.32. The van der Waals surface area contributed by atoms with E-state index >= 15 is 0 Å². The lowest BCUT2D eigenvalue weighted by Gasteiger charge is -2.27. The van der Waals surface area contributed by atoms with Gasteiger partial charge in [0.2, 0.25) is 5.91 Å². The van der Waals surface area contributed by atoms with Gasteiger partial charge in [-0.15, -0.1) is 0 Å². The van der Waals surface area contributed by atoms with Crippen molar-refractivity contribution >= 4 is 11.9 Å². The first kappa shape index (κ1) is 14.0. The molecule has 0 aliphatic carbocycles. The van der Waals surface area contributed by atoms with Crippen LogP contribution < -0.4 is 0 Å². The Bertz CT molecular complexity index is 261. The van der Waals surface area contributed by atoms with Crippen LogP contribution in [0.1, 0.15) is 32.6 Å². The number of amides is 1. The van der Waals surface area contributed by atoms with Crippen molar-refractivity contribution in [3.05, 3.63) is 0 Å². The smallest absolute Gasteiger partial charge is 0.306 e. The van der Waals surface area contributed by atoms with Crippen LogP contribution in [-0.4, -0.2) is 48.2 Å². The summed E-state index contributed by atoms with van der Waals surface area (Å²) in [7, 11) is 0. The number of carbonyl (C=O) groups excluding carboxylic acids is 1. The highest BCUT2D eigenvalue weighted by atomic mass is 16.5. The Hall–Kier alpha value is -1.10. The summed E-state index contributed by atoms with van der Waals surface area (Å²) in [4.78, 5) is 24.5. The summed E-state index contributed by atoms with van der Waals surface area (Å²) >= 11 is 0. The number of ether oxygens (including phenoxy) is 1. The van der Waals surface area contributed by atoms with Crippen molar-refractivity contribution in [2.45, 2.75) is 32.6 Å². The van der Waals surface area contributed by atoms with Gasteiger partial charge >= 0.3 is 5.97 Å². The molecule has 1 amide bonds. The van der Waals surface area contributed by atoms with E-state index in [1.165, 1.54) is 0 Å². The third-order valence-corrected chi connectivity index (χ3v) is 3.06. The first-order valence-corrected chi connectivity index (χ1v) is 6.23. The largest absolute Gasteiger partial charge is 0.481 e. The van der Waals surface area contributed by atoms with Crippen molar-refractivity contribution in [2.75, 3.05) is 26.3 Å². The lowest BCUT2D eigenvalue weighted by molar-refractivity contribution is -0.143. The predicted molar refractivity (Wildman–Crippen MR) is 62.7 cm³/mol. The zero-order chi connectivity index (χ0) is 12.7. The fourth-order valence-corrected chi connectivity index (χ4v) is 2.01. The Labute approximate surface area is 102 Å². The van der Waals surface area contributed by atoms with E-state index in [1.807, 2.05) is 6.92 Å². The molecule has 0 radical (unpaired) electrons. The number of morpholine rings is 1. The molecule has 1 unspecified atom stereocenters. The molecule has 17 heavy (non-hydrogen) atoms. The molecular weight excluding hydrogens is 222 g/mol. The van der Waals surface area contributed by atoms with Crippen LogP contribution in [0.5, 0.6) is 0 Å². The molecule has 98 valence electrons. The van der Waals surface area contributed by atoms with E-state index in [0.717, 1.165) is 6.42 Å². The molecule has 1 rings (SSSR count). The Morgan fingerprint density at radius 3 is 2.47 bits per heavy atom. The molecular formula is C12H21NO4. The highest BCUT2D eigenvalue weighted by molar-refractivity contribution is 5.77. The van der Waals surface area contributed by atoms with Crippen LogP contribution in [0.4, 0.5) is 0 Å². The molecule has 0 aromatic rings. The van der Waals surface area contributed by atoms with Gasteiger partial charge in [0.1, 0.15) is 0 Å². The van der Waals surface area contributed by atoms with Crippen LogP contribution in [0.25, 0.3) is 0 Å². The first-order valence-electron chi connectivity index (χ1n) is 6.23. The fourth-order valence-electron chi connectivity index (χ4n) is 2.01. The van der Waals surface area contributed by atoms with Crippen LogP contribution in [0, 0.1) is 5.92 Å². The van der Waals surface area contributed by atoms with Gasteiger partial charge in [0.15, 0.2) is 0 Å². The van der Waals surface area contributed by atoms with Crippen LogP contribution >= 0.6 is 0 Å². The van der Waals surface area contributed by atoms with E-state index in [4.69, 9.17) is 9.84 Å². The SMILES string of the molecule is CCCC(CCC(=O)N1CCOCC1)C(=O)O. The summed E-state index contributed by atoms with van der Waals surface area (Å²) in [5.74, 6) is -1.12. The molecule has 1 fully saturated rings. The second-order valence-electron chi connectivity index (χ2n) is 4.36. The third kappa shape index (κ3) is 4.73. The van der Waals surface area contributed by atoms with Gasteiger partial charge in [-0.3, -0.25) is 9.59 Å². The summed E-state index contributed by atoms with van der Waals surface area (Å²) in [6.07, 6.45) is 2.25. The molecule has 0 saturated carbocycles. The van der Waals surface area contributed by atoms with E-state index in [9.17, 15) is 9.59 Å². The van der Waals surface area contributed by atoms with Crippen LogP contribution in [0.15, 0.2) is 0 Å². The molecule has 0 aromatic carbocycles. The van der Waals surface area contributed by atoms with E-state index in [2.05, 4.69) is 0 Å². The molecule has 0 spiro atoms. The number of carboxylic acid groups (broad SMARTS) is 1. The third-order valence-electron chi connectivity index (χ3n) is 3.06. The van der Waals surface area contributed by atoms with Crippen molar-refractivity contribution in [2.24, 2.45) is 5.92 Å². The van der Waals surface area contributed by atoms with E-state index < -0.39 is 5.97 Å². The maximum absolute atomic E-state index is 11.8. The molecule has 1 aliphatic heterocycles. The molecule has 1 aliphatic rings. The van der Waals surface area contributed by atoms with Crippen molar-refractivity contribution < 1.29 is 19.4 Å². The molecule has 1 atom stereocenters. The molecule has 5 heteroatoms. The summed E-state index contributed by atoms with van der Waals surface area (Å²) in [5, 5.41) is 8.98. The van der Waals surface area contributed by atoms with Crippen molar-refractivity contribution in [3.8, 4) is 0 Å². The van der Waals surface area contributed by atoms with Gasteiger partial charge in [-0.05, 0) is 12.8 Å². The maximum Gasteiger partial charge on any atom is 0.306 e. The second-order valence-corrected chi connectivity index (χ2v) is 4.36. The monoisotopic (exact) mass is 243 g/mol. The first-order chi connectivity index (χ1) is 8.15. The summed E-state index contributed by atoms with van der Waals surface area (Å²) < 4.78 is 5.16. The molecule has 1 heterocycles. The van der Waals surface area contributed by atoms with Gasteiger partial charge in [0.25, 0.3) is 0 Å². The number of nitrogens with zero attached hydrogens (tertiary/aromatic N) is 1. The minimum Gasteiger partial charge on any atom is -0.481 e. The number of carboxylic acids is 1. The summed E-state index contributed by atoms with van der Waals surface area (Å²) in [5.41, 5.74) is 0. The predicted octanol–water partition coefficient (Wildman–Crippen LogP) is 1.13. The van der Waals surface area contributed by atoms with Gasteiger partial charge in [0.05, 0.1) is 19.1 Å². The van der Waals surface area contributed by atoms with Crippen molar-refractivity contribution in [1.82, 2.24) is 4.90 Å². The Morgan fingerprint density at radius 1 is 1.29 bits per heavy atom. The van der Waals surface area contributed by atoms with Gasteiger partial charge in [-0.2, -0.15) is 0 Å². The second kappa shape index (κ2) is 7.27. The van der Waals surface area contributed by atoms with Crippen molar-refractivity contribution in [3.63, 3.8) is 0 Å². The minimum absolute atomic E-state index is 0.0515. The van der Waals surface area contributed by atoms with E-state index in [0.29, 0.717) is 45.6 Å². The standard InChI is InChI=1S/C12H21NO4/c1-2-3-10(12(15)16)4-5-11(14)13-6-8-17-9-7-13/h10H,2-9H2,1H3,(H,15,16). The highest BCUT2D eigenvalue weighted by Crippen LogP contribution is 2.15. The number of rotatable bonds is 6. The van der Waals surface area contributed by atoms with Crippen molar-refractivity contribution in [1.29, 1.82) is 0 Å². The number of hydrogen-bond acceptors (Lipinski definition) is 3. The van der Waals surface area contributed by atoms with Crippen LogP contribution in [0.3, 0.4) is 0 Å². The summed E-state index contributed by atoms with van der Waals surface area (Å²) in [6, 6.07) is 0. The number of hydrogen-bond donors (Lipinski definition) is 1. The minimum atomic E-state index is -0.790. The molecule has 1 saturated heterocycles. The molecule has 5 nitrogen and oxygen atoms in total. The Kier molecular flexibility index (Phi) is 5.97. The zero-order valence-corrected chi connectivity index (χ0v) is 10.4. The topological polar surface area (TPSA) is 66.8 Å². The average Bonchev–Trinajstić information content (AvgIpc) is 2.34. The normalized spacial score (nSPS) is 17.8. The zero-order valence-electron chi connectivity index (χ0n) is 10.4. The Morgan fingerprint density at radius 2 is 1.94 bits per heavy atom. The van der Waals surface area contributed by atoms with Gasteiger partial charge in [-0.1, -0.05) is 13.3 Å². The van der Waals surface area contributed by atoms with E-state index in [1.54, 1.807) is 4.90 Å². The average molecular weight is 243 g/mol.